The standard InChI is InChI=1S/C12H12FN3O2S/c1-8-4-11(12(16(17)18)5-10(8)13)14-3-2-9-6-19-7-15-9/h4-7,14H,2-3H2,1H3. The van der Waals surface area contributed by atoms with Crippen molar-refractivity contribution in [2.45, 2.75) is 13.3 Å². The second-order valence-corrected chi connectivity index (χ2v) is 4.75. The van der Waals surface area contributed by atoms with Gasteiger partial charge in [-0.1, -0.05) is 0 Å². The number of aryl methyl sites for hydroxylation is 1. The number of nitrogens with one attached hydrogen (secondary N) is 1. The molecule has 0 fully saturated rings. The summed E-state index contributed by atoms with van der Waals surface area (Å²) in [7, 11) is 0. The fraction of sp³-hybridized carbons (Fsp3) is 0.250. The van der Waals surface area contributed by atoms with Crippen LogP contribution in [0.2, 0.25) is 0 Å². The van der Waals surface area contributed by atoms with Crippen LogP contribution in [0.15, 0.2) is 23.0 Å². The fourth-order valence-corrected chi connectivity index (χ4v) is 2.24. The summed E-state index contributed by atoms with van der Waals surface area (Å²) in [6, 6.07) is 2.40. The molecule has 0 spiro atoms. The molecule has 0 saturated carbocycles. The minimum atomic E-state index is -0.590. The molecule has 19 heavy (non-hydrogen) atoms. The highest BCUT2D eigenvalue weighted by atomic mass is 32.1. The zero-order valence-corrected chi connectivity index (χ0v) is 11.0. The van der Waals surface area contributed by atoms with Crippen LogP contribution >= 0.6 is 11.3 Å². The Morgan fingerprint density at radius 2 is 2.32 bits per heavy atom. The van der Waals surface area contributed by atoms with Gasteiger partial charge in [0.2, 0.25) is 0 Å². The SMILES string of the molecule is Cc1cc(NCCc2cscn2)c([N+](=O)[O-])cc1F. The van der Waals surface area contributed by atoms with Gasteiger partial charge in [-0.2, -0.15) is 0 Å². The van der Waals surface area contributed by atoms with E-state index < -0.39 is 10.7 Å². The highest BCUT2D eigenvalue weighted by molar-refractivity contribution is 7.07. The first-order valence-corrected chi connectivity index (χ1v) is 6.57. The number of nitrogens with zero attached hydrogens (tertiary/aromatic N) is 2. The Labute approximate surface area is 113 Å². The number of nitro groups is 1. The third-order valence-electron chi connectivity index (χ3n) is 2.65. The average Bonchev–Trinajstić information content (AvgIpc) is 2.86. The van der Waals surface area contributed by atoms with Crippen LogP contribution < -0.4 is 5.32 Å². The smallest absolute Gasteiger partial charge is 0.295 e. The zero-order valence-electron chi connectivity index (χ0n) is 10.2. The van der Waals surface area contributed by atoms with Gasteiger partial charge in [-0.25, -0.2) is 9.37 Å². The lowest BCUT2D eigenvalue weighted by Gasteiger charge is -2.08. The summed E-state index contributed by atoms with van der Waals surface area (Å²) in [6.07, 6.45) is 0.664. The first kappa shape index (κ1) is 13.4. The Balaban J connectivity index is 2.10. The predicted octanol–water partition coefficient (Wildman–Crippen LogP) is 3.15. The lowest BCUT2D eigenvalue weighted by molar-refractivity contribution is -0.384. The second kappa shape index (κ2) is 5.75. The second-order valence-electron chi connectivity index (χ2n) is 4.03. The lowest BCUT2D eigenvalue weighted by atomic mass is 10.1. The summed E-state index contributed by atoms with van der Waals surface area (Å²) in [4.78, 5) is 14.4. The predicted molar refractivity (Wildman–Crippen MR) is 72.1 cm³/mol. The number of hydrogen-bond donors (Lipinski definition) is 1. The van der Waals surface area contributed by atoms with Crippen LogP contribution in [0.5, 0.6) is 0 Å². The highest BCUT2D eigenvalue weighted by Crippen LogP contribution is 2.27. The Morgan fingerprint density at radius 1 is 1.53 bits per heavy atom. The largest absolute Gasteiger partial charge is 0.379 e. The van der Waals surface area contributed by atoms with Crippen molar-refractivity contribution in [3.8, 4) is 0 Å². The van der Waals surface area contributed by atoms with Gasteiger partial charge in [0.25, 0.3) is 5.69 Å². The topological polar surface area (TPSA) is 68.1 Å². The van der Waals surface area contributed by atoms with Crippen molar-refractivity contribution in [3.63, 3.8) is 0 Å². The van der Waals surface area contributed by atoms with E-state index in [0.29, 0.717) is 24.2 Å². The van der Waals surface area contributed by atoms with Crippen LogP contribution in [0.1, 0.15) is 11.3 Å². The molecule has 1 aromatic carbocycles. The molecule has 0 aliphatic heterocycles. The monoisotopic (exact) mass is 281 g/mol. The molecule has 0 saturated heterocycles. The highest BCUT2D eigenvalue weighted by Gasteiger charge is 2.16. The van der Waals surface area contributed by atoms with Crippen LogP contribution in [0.3, 0.4) is 0 Å². The van der Waals surface area contributed by atoms with E-state index in [0.717, 1.165) is 11.8 Å². The Bertz CT molecular complexity index is 587. The van der Waals surface area contributed by atoms with Crippen molar-refractivity contribution < 1.29 is 9.31 Å². The van der Waals surface area contributed by atoms with Crippen LogP contribution in [0.4, 0.5) is 15.8 Å². The minimum Gasteiger partial charge on any atom is -0.379 e. The van der Waals surface area contributed by atoms with Gasteiger partial charge in [-0.3, -0.25) is 10.1 Å². The molecule has 0 amide bonds. The summed E-state index contributed by atoms with van der Waals surface area (Å²) < 4.78 is 13.3. The third-order valence-corrected chi connectivity index (χ3v) is 3.29. The molecular formula is C12H12FN3O2S. The van der Waals surface area contributed by atoms with Crippen LogP contribution in [0.25, 0.3) is 0 Å². The molecule has 1 aromatic heterocycles. The normalized spacial score (nSPS) is 10.4. The van der Waals surface area contributed by atoms with Crippen molar-refractivity contribution in [1.82, 2.24) is 4.98 Å². The molecule has 1 heterocycles. The number of thiazole rings is 1. The van der Waals surface area contributed by atoms with Gasteiger partial charge in [0.15, 0.2) is 0 Å². The maximum Gasteiger partial charge on any atom is 0.295 e. The van der Waals surface area contributed by atoms with Gasteiger partial charge in [-0.05, 0) is 18.6 Å². The summed E-state index contributed by atoms with van der Waals surface area (Å²) in [5.41, 5.74) is 3.13. The minimum absolute atomic E-state index is 0.249. The molecule has 2 aromatic rings. The maximum atomic E-state index is 13.3. The van der Waals surface area contributed by atoms with E-state index in [1.165, 1.54) is 17.4 Å². The molecule has 0 radical (unpaired) electrons. The fourth-order valence-electron chi connectivity index (χ4n) is 1.65. The number of aromatic nitrogens is 1. The number of nitro benzene ring substituents is 1. The van der Waals surface area contributed by atoms with E-state index >= 15 is 0 Å². The molecular weight excluding hydrogens is 269 g/mol. The van der Waals surface area contributed by atoms with Crippen LogP contribution in [0, 0.1) is 22.9 Å². The quantitative estimate of drug-likeness (QED) is 0.675. The van der Waals surface area contributed by atoms with Crippen LogP contribution in [-0.4, -0.2) is 16.5 Å². The molecule has 0 aliphatic carbocycles. The van der Waals surface area contributed by atoms with Crippen molar-refractivity contribution in [3.05, 3.63) is 50.2 Å². The van der Waals surface area contributed by atoms with Crippen molar-refractivity contribution in [2.24, 2.45) is 0 Å². The van der Waals surface area contributed by atoms with Crippen LogP contribution in [-0.2, 0) is 6.42 Å². The molecule has 7 heteroatoms. The van der Waals surface area contributed by atoms with E-state index in [1.54, 1.807) is 12.4 Å². The molecule has 0 bridgehead atoms. The number of halogens is 1. The molecule has 0 unspecified atom stereocenters. The van der Waals surface area contributed by atoms with Gasteiger partial charge in [0, 0.05) is 18.3 Å². The number of benzene rings is 1. The van der Waals surface area contributed by atoms with Gasteiger partial charge < -0.3 is 5.32 Å². The van der Waals surface area contributed by atoms with E-state index in [-0.39, 0.29) is 5.69 Å². The first-order chi connectivity index (χ1) is 9.08. The summed E-state index contributed by atoms with van der Waals surface area (Å²) in [5, 5.41) is 15.7. The van der Waals surface area contributed by atoms with E-state index in [2.05, 4.69) is 10.3 Å². The van der Waals surface area contributed by atoms with E-state index in [1.807, 2.05) is 5.38 Å². The van der Waals surface area contributed by atoms with Gasteiger partial charge in [0.1, 0.15) is 11.5 Å². The van der Waals surface area contributed by atoms with E-state index in [4.69, 9.17) is 0 Å². The molecule has 2 rings (SSSR count). The first-order valence-electron chi connectivity index (χ1n) is 5.63. The van der Waals surface area contributed by atoms with E-state index in [9.17, 15) is 14.5 Å². The van der Waals surface area contributed by atoms with Crippen molar-refractivity contribution in [2.75, 3.05) is 11.9 Å². The third kappa shape index (κ3) is 3.25. The average molecular weight is 281 g/mol. The molecule has 5 nitrogen and oxygen atoms in total. The Kier molecular flexibility index (Phi) is 4.06. The summed E-state index contributed by atoms with van der Waals surface area (Å²) >= 11 is 1.50. The molecule has 0 aliphatic rings. The number of anilines is 1. The van der Waals surface area contributed by atoms with Gasteiger partial charge >= 0.3 is 0 Å². The van der Waals surface area contributed by atoms with Crippen molar-refractivity contribution >= 4 is 22.7 Å². The molecule has 100 valence electrons. The zero-order chi connectivity index (χ0) is 13.8. The Hall–Kier alpha value is -2.02. The lowest BCUT2D eigenvalue weighted by Crippen LogP contribution is -2.08. The number of hydrogen-bond acceptors (Lipinski definition) is 5. The van der Waals surface area contributed by atoms with Gasteiger partial charge in [0.05, 0.1) is 22.2 Å². The summed E-state index contributed by atoms with van der Waals surface area (Å²) in [6.45, 7) is 2.08. The Morgan fingerprint density at radius 3 is 2.95 bits per heavy atom. The molecule has 1 N–H and O–H groups in total. The number of rotatable bonds is 5. The molecule has 0 atom stereocenters. The van der Waals surface area contributed by atoms with Crippen molar-refractivity contribution in [1.29, 1.82) is 0 Å². The maximum absolute atomic E-state index is 13.3. The summed E-state index contributed by atoms with van der Waals surface area (Å²) in [5.74, 6) is -0.572. The van der Waals surface area contributed by atoms with Gasteiger partial charge in [-0.15, -0.1) is 11.3 Å².